The molecule has 0 saturated heterocycles. The Morgan fingerprint density at radius 3 is 2.42 bits per heavy atom. The van der Waals surface area contributed by atoms with E-state index in [1.54, 1.807) is 31.4 Å². The van der Waals surface area contributed by atoms with E-state index in [-0.39, 0.29) is 18.0 Å². The van der Waals surface area contributed by atoms with Crippen LogP contribution in [0.5, 0.6) is 11.5 Å². The van der Waals surface area contributed by atoms with Crippen molar-refractivity contribution in [1.82, 2.24) is 5.32 Å². The highest BCUT2D eigenvalue weighted by atomic mass is 16.6. The lowest BCUT2D eigenvalue weighted by molar-refractivity contribution is -0.421. The second kappa shape index (κ2) is 8.00. The lowest BCUT2D eigenvalue weighted by atomic mass is 10.1. The number of amides is 1. The van der Waals surface area contributed by atoms with Gasteiger partial charge in [0.15, 0.2) is 6.61 Å². The zero-order valence-electron chi connectivity index (χ0n) is 13.4. The number of carbonyl (C=O) groups excluding carboxylic acids is 1. The number of nitrogens with one attached hydrogen (secondary N) is 1. The summed E-state index contributed by atoms with van der Waals surface area (Å²) in [6, 6.07) is 6.75. The molecule has 0 radical (unpaired) electrons. The van der Waals surface area contributed by atoms with Gasteiger partial charge in [0.1, 0.15) is 17.3 Å². The Morgan fingerprint density at radius 1 is 1.17 bits per heavy atom. The SMILES string of the molecule is COC1=CC([N+](=O)[O-])=C(NC(=O)COc2ccc(OC)cc2)CC1. The molecule has 0 fully saturated rings. The number of ether oxygens (including phenoxy) is 3. The van der Waals surface area contributed by atoms with Crippen LogP contribution < -0.4 is 14.8 Å². The summed E-state index contributed by atoms with van der Waals surface area (Å²) < 4.78 is 15.4. The number of nitrogens with zero attached hydrogens (tertiary/aromatic N) is 1. The molecule has 128 valence electrons. The molecule has 1 N–H and O–H groups in total. The number of carbonyl (C=O) groups is 1. The fourth-order valence-corrected chi connectivity index (χ4v) is 2.16. The summed E-state index contributed by atoms with van der Waals surface area (Å²) >= 11 is 0. The maximum atomic E-state index is 12.0. The summed E-state index contributed by atoms with van der Waals surface area (Å²) in [5.41, 5.74) is 0.0834. The molecule has 0 aliphatic heterocycles. The Hall–Kier alpha value is -3.03. The second-order valence-corrected chi connectivity index (χ2v) is 4.95. The van der Waals surface area contributed by atoms with E-state index in [4.69, 9.17) is 14.2 Å². The van der Waals surface area contributed by atoms with Gasteiger partial charge < -0.3 is 19.5 Å². The van der Waals surface area contributed by atoms with E-state index in [2.05, 4.69) is 5.32 Å². The minimum Gasteiger partial charge on any atom is -0.501 e. The van der Waals surface area contributed by atoms with Crippen molar-refractivity contribution in [2.45, 2.75) is 12.8 Å². The largest absolute Gasteiger partial charge is 0.501 e. The van der Waals surface area contributed by atoms with Crippen molar-refractivity contribution in [3.05, 3.63) is 57.6 Å². The summed E-state index contributed by atoms with van der Waals surface area (Å²) in [6.07, 6.45) is 2.14. The van der Waals surface area contributed by atoms with Crippen LogP contribution in [-0.2, 0) is 9.53 Å². The molecule has 2 rings (SSSR count). The molecule has 1 aromatic carbocycles. The average molecular weight is 334 g/mol. The van der Waals surface area contributed by atoms with Crippen LogP contribution in [0.1, 0.15) is 12.8 Å². The predicted octanol–water partition coefficient (Wildman–Crippen LogP) is 2.00. The summed E-state index contributed by atoms with van der Waals surface area (Å²) in [5.74, 6) is 1.22. The molecule has 0 unspecified atom stereocenters. The third kappa shape index (κ3) is 4.48. The molecule has 0 atom stereocenters. The number of allylic oxidation sites excluding steroid dienone is 3. The topological polar surface area (TPSA) is 99.9 Å². The second-order valence-electron chi connectivity index (χ2n) is 4.95. The quantitative estimate of drug-likeness (QED) is 0.605. The molecule has 1 amide bonds. The van der Waals surface area contributed by atoms with Gasteiger partial charge in [-0.2, -0.15) is 0 Å². The highest BCUT2D eigenvalue weighted by molar-refractivity contribution is 5.79. The first kappa shape index (κ1) is 17.3. The third-order valence-corrected chi connectivity index (χ3v) is 3.41. The molecule has 0 saturated carbocycles. The highest BCUT2D eigenvalue weighted by Crippen LogP contribution is 2.23. The van der Waals surface area contributed by atoms with Crippen LogP contribution in [0.2, 0.25) is 0 Å². The van der Waals surface area contributed by atoms with E-state index in [0.717, 1.165) is 0 Å². The molecular weight excluding hydrogens is 316 g/mol. The number of benzene rings is 1. The van der Waals surface area contributed by atoms with Crippen LogP contribution in [0, 0.1) is 10.1 Å². The summed E-state index contributed by atoms with van der Waals surface area (Å²) in [5, 5.41) is 13.6. The Morgan fingerprint density at radius 2 is 1.83 bits per heavy atom. The fraction of sp³-hybridized carbons (Fsp3) is 0.312. The first-order chi connectivity index (χ1) is 11.5. The lowest BCUT2D eigenvalue weighted by Gasteiger charge is -2.15. The molecule has 1 aliphatic rings. The molecule has 0 heterocycles. The number of hydrogen-bond acceptors (Lipinski definition) is 6. The highest BCUT2D eigenvalue weighted by Gasteiger charge is 2.24. The van der Waals surface area contributed by atoms with E-state index in [1.807, 2.05) is 0 Å². The van der Waals surface area contributed by atoms with Gasteiger partial charge in [0.05, 0.1) is 30.9 Å². The third-order valence-electron chi connectivity index (χ3n) is 3.41. The van der Waals surface area contributed by atoms with Gasteiger partial charge in [-0.05, 0) is 24.3 Å². The first-order valence-electron chi connectivity index (χ1n) is 7.22. The monoisotopic (exact) mass is 334 g/mol. The maximum Gasteiger partial charge on any atom is 0.291 e. The van der Waals surface area contributed by atoms with Crippen molar-refractivity contribution in [2.75, 3.05) is 20.8 Å². The van der Waals surface area contributed by atoms with Crippen LogP contribution in [0.4, 0.5) is 0 Å². The summed E-state index contributed by atoms with van der Waals surface area (Å²) in [7, 11) is 3.01. The molecule has 8 heteroatoms. The Bertz CT molecular complexity index is 678. The van der Waals surface area contributed by atoms with Crippen molar-refractivity contribution in [1.29, 1.82) is 0 Å². The van der Waals surface area contributed by atoms with Crippen molar-refractivity contribution >= 4 is 5.91 Å². The molecule has 24 heavy (non-hydrogen) atoms. The molecule has 0 spiro atoms. The van der Waals surface area contributed by atoms with Gasteiger partial charge in [-0.3, -0.25) is 14.9 Å². The fourth-order valence-electron chi connectivity index (χ4n) is 2.16. The van der Waals surface area contributed by atoms with Crippen LogP contribution in [0.15, 0.2) is 47.5 Å². The molecule has 1 aliphatic carbocycles. The zero-order chi connectivity index (χ0) is 17.5. The number of hydrogen-bond donors (Lipinski definition) is 1. The Balaban J connectivity index is 1.97. The van der Waals surface area contributed by atoms with E-state index < -0.39 is 10.8 Å². The Labute approximate surface area is 138 Å². The van der Waals surface area contributed by atoms with Gasteiger partial charge in [-0.15, -0.1) is 0 Å². The molecular formula is C16H18N2O6. The van der Waals surface area contributed by atoms with Gasteiger partial charge in [-0.1, -0.05) is 0 Å². The number of rotatable bonds is 7. The van der Waals surface area contributed by atoms with Crippen molar-refractivity contribution in [2.24, 2.45) is 0 Å². The van der Waals surface area contributed by atoms with Crippen molar-refractivity contribution < 1.29 is 23.9 Å². The smallest absolute Gasteiger partial charge is 0.291 e. The summed E-state index contributed by atoms with van der Waals surface area (Å²) in [4.78, 5) is 22.5. The van der Waals surface area contributed by atoms with Gasteiger partial charge in [0, 0.05) is 12.8 Å². The minimum absolute atomic E-state index is 0.170. The predicted molar refractivity (Wildman–Crippen MR) is 85.0 cm³/mol. The van der Waals surface area contributed by atoms with Crippen LogP contribution >= 0.6 is 0 Å². The van der Waals surface area contributed by atoms with Crippen molar-refractivity contribution in [3.8, 4) is 11.5 Å². The number of nitro groups is 1. The van der Waals surface area contributed by atoms with Gasteiger partial charge in [0.25, 0.3) is 11.6 Å². The van der Waals surface area contributed by atoms with Gasteiger partial charge in [-0.25, -0.2) is 0 Å². The van der Waals surface area contributed by atoms with E-state index >= 15 is 0 Å². The Kier molecular flexibility index (Phi) is 5.78. The molecule has 1 aromatic rings. The molecule has 8 nitrogen and oxygen atoms in total. The zero-order valence-corrected chi connectivity index (χ0v) is 13.4. The van der Waals surface area contributed by atoms with E-state index in [1.165, 1.54) is 13.2 Å². The first-order valence-corrected chi connectivity index (χ1v) is 7.22. The molecule has 0 bridgehead atoms. The van der Waals surface area contributed by atoms with Crippen LogP contribution in [0.25, 0.3) is 0 Å². The minimum atomic E-state index is -0.544. The van der Waals surface area contributed by atoms with E-state index in [9.17, 15) is 14.9 Å². The normalized spacial score (nSPS) is 13.8. The standard InChI is InChI=1S/C16H18N2O6/c1-22-11-3-5-12(6-4-11)24-10-16(19)17-14-8-7-13(23-2)9-15(14)18(20)21/h3-6,9H,7-8,10H2,1-2H3,(H,17,19). The van der Waals surface area contributed by atoms with Crippen LogP contribution in [-0.4, -0.2) is 31.7 Å². The van der Waals surface area contributed by atoms with Gasteiger partial charge >= 0.3 is 0 Å². The van der Waals surface area contributed by atoms with Crippen LogP contribution in [0.3, 0.4) is 0 Å². The lowest BCUT2D eigenvalue weighted by Crippen LogP contribution is -2.31. The summed E-state index contributed by atoms with van der Waals surface area (Å²) in [6.45, 7) is -0.248. The van der Waals surface area contributed by atoms with E-state index in [0.29, 0.717) is 30.1 Å². The maximum absolute atomic E-state index is 12.0. The van der Waals surface area contributed by atoms with Crippen molar-refractivity contribution in [3.63, 3.8) is 0 Å². The average Bonchev–Trinajstić information content (AvgIpc) is 2.60. The number of methoxy groups -OCH3 is 2. The molecule has 0 aromatic heterocycles. The van der Waals surface area contributed by atoms with Gasteiger partial charge in [0.2, 0.25) is 0 Å².